The maximum Gasteiger partial charge on any atom is 0.410 e. The predicted molar refractivity (Wildman–Crippen MR) is 213 cm³/mol. The molecule has 0 aromatic heterocycles. The van der Waals surface area contributed by atoms with E-state index in [1.165, 1.54) is 20.3 Å². The zero-order valence-electron chi connectivity index (χ0n) is 33.1. The molecule has 1 amide bonds. The van der Waals surface area contributed by atoms with Crippen LogP contribution >= 0.6 is 0 Å². The number of halogens is 1. The van der Waals surface area contributed by atoms with Crippen LogP contribution in [-0.2, 0) is 27.5 Å². The van der Waals surface area contributed by atoms with E-state index in [1.54, 1.807) is 35.2 Å². The molecule has 0 spiro atoms. The molecule has 2 aliphatic carbocycles. The van der Waals surface area contributed by atoms with Crippen LogP contribution in [0.4, 0.5) is 9.18 Å². The summed E-state index contributed by atoms with van der Waals surface area (Å²) in [7, 11) is 2.86. The van der Waals surface area contributed by atoms with Crippen molar-refractivity contribution in [2.45, 2.75) is 75.8 Å². The number of ether oxygens (including phenoxy) is 6. The number of oxime groups is 1. The van der Waals surface area contributed by atoms with Gasteiger partial charge in [-0.2, -0.15) is 0 Å². The van der Waals surface area contributed by atoms with Gasteiger partial charge in [-0.25, -0.2) is 9.18 Å². The maximum absolute atomic E-state index is 14.7. The third-order valence-electron chi connectivity index (χ3n) is 11.8. The molecule has 2 heterocycles. The fourth-order valence-corrected chi connectivity index (χ4v) is 9.28. The lowest BCUT2D eigenvalue weighted by Gasteiger charge is -2.59. The first-order chi connectivity index (χ1) is 28.3. The number of benzene rings is 3. The quantitative estimate of drug-likeness (QED) is 0.0750. The number of allylic oxidation sites excluding steroid dienone is 1. The summed E-state index contributed by atoms with van der Waals surface area (Å²) in [4.78, 5) is 21.3. The molecule has 6 atom stereocenters. The van der Waals surface area contributed by atoms with Crippen molar-refractivity contribution >= 4 is 11.8 Å². The van der Waals surface area contributed by atoms with Crippen molar-refractivity contribution in [3.05, 3.63) is 107 Å². The highest BCUT2D eigenvalue weighted by atomic mass is 19.1. The number of hydrogen-bond donors (Lipinski definition) is 2. The summed E-state index contributed by atoms with van der Waals surface area (Å²) in [5.74, 6) is -0.234. The van der Waals surface area contributed by atoms with Gasteiger partial charge in [0, 0.05) is 43.2 Å². The molecule has 0 saturated heterocycles. The summed E-state index contributed by atoms with van der Waals surface area (Å²) >= 11 is 0. The van der Waals surface area contributed by atoms with Gasteiger partial charge in [-0.1, -0.05) is 54.4 Å². The first-order valence-electron chi connectivity index (χ1n) is 20.1. The minimum Gasteiger partial charge on any atom is -0.489 e. The van der Waals surface area contributed by atoms with Crippen LogP contribution in [0.15, 0.2) is 90.1 Å². The largest absolute Gasteiger partial charge is 0.489 e. The second-order valence-corrected chi connectivity index (χ2v) is 15.1. The van der Waals surface area contributed by atoms with Gasteiger partial charge in [0.05, 0.1) is 25.3 Å². The molecule has 0 radical (unpaired) electrons. The molecule has 58 heavy (non-hydrogen) atoms. The first-order valence-corrected chi connectivity index (χ1v) is 20.1. The zero-order chi connectivity index (χ0) is 40.6. The van der Waals surface area contributed by atoms with E-state index in [9.17, 15) is 19.4 Å². The molecule has 4 aliphatic rings. The molecule has 0 bridgehead atoms. The Hall–Kier alpha value is -5.11. The number of carbonyl (C=O) groups is 1. The van der Waals surface area contributed by atoms with Gasteiger partial charge in [0.1, 0.15) is 37.1 Å². The number of fused-ring (bicyclic) bond motifs is 3. The van der Waals surface area contributed by atoms with Gasteiger partial charge < -0.3 is 43.5 Å². The monoisotopic (exact) mass is 800 g/mol. The minimum absolute atomic E-state index is 0.0122. The number of hydrogen-bond acceptors (Lipinski definition) is 11. The Morgan fingerprint density at radius 2 is 1.78 bits per heavy atom. The van der Waals surface area contributed by atoms with E-state index in [0.717, 1.165) is 42.4 Å². The van der Waals surface area contributed by atoms with Gasteiger partial charge in [-0.3, -0.25) is 4.90 Å². The van der Waals surface area contributed by atoms with E-state index < -0.39 is 23.8 Å². The molecule has 2 aliphatic heterocycles. The van der Waals surface area contributed by atoms with Crippen molar-refractivity contribution in [3.8, 4) is 23.0 Å². The van der Waals surface area contributed by atoms with Crippen molar-refractivity contribution < 1.29 is 52.7 Å². The van der Waals surface area contributed by atoms with Crippen LogP contribution < -0.4 is 18.9 Å². The van der Waals surface area contributed by atoms with Crippen LogP contribution in [0.5, 0.6) is 23.0 Å². The summed E-state index contributed by atoms with van der Waals surface area (Å²) in [6.45, 7) is 4.51. The van der Waals surface area contributed by atoms with Crippen molar-refractivity contribution in [1.82, 2.24) is 4.90 Å². The lowest BCUT2D eigenvalue weighted by molar-refractivity contribution is -0.256. The summed E-state index contributed by atoms with van der Waals surface area (Å²) in [6, 6.07) is 16.9. The lowest BCUT2D eigenvalue weighted by atomic mass is 9.55. The second kappa shape index (κ2) is 18.6. The molecule has 12 nitrogen and oxygen atoms in total. The second-order valence-electron chi connectivity index (χ2n) is 15.1. The predicted octanol–water partition coefficient (Wildman–Crippen LogP) is 7.67. The minimum atomic E-state index is -1.48. The van der Waals surface area contributed by atoms with E-state index >= 15 is 0 Å². The standard InChI is InChI=1S/C45H53FN2O10/c1-4-21-57-45-41(48(44(51)52-2)26-29-15-17-39-40(22-29)56-28-55-39)25-37(47-53-3)34-23-30(11-7-9-19-49)33(13-8-10-20-50)42(43(34)45)35-24-32(16-18-38(35)58-45)54-27-31-12-5-6-14-36(31)46/h4-6,12,14-18,22-24,30,33,41-43,49-50H,1,7-11,13,19-21,25-28H2,2-3H3. The summed E-state index contributed by atoms with van der Waals surface area (Å²) in [5, 5.41) is 24.3. The number of aliphatic hydroxyl groups is 2. The number of unbranched alkanes of at least 4 members (excludes halogenated alkanes) is 2. The van der Waals surface area contributed by atoms with E-state index in [2.05, 4.69) is 17.8 Å². The smallest absolute Gasteiger partial charge is 0.410 e. The van der Waals surface area contributed by atoms with Gasteiger partial charge in [-0.05, 0) is 85.1 Å². The van der Waals surface area contributed by atoms with Crippen molar-refractivity contribution in [2.75, 3.05) is 40.8 Å². The molecule has 1 saturated carbocycles. The number of carbonyl (C=O) groups excluding carboxylic acids is 1. The fraction of sp³-hybridized carbons (Fsp3) is 0.467. The molecule has 2 N–H and O–H groups in total. The van der Waals surface area contributed by atoms with Gasteiger partial charge in [0.2, 0.25) is 12.6 Å². The maximum atomic E-state index is 14.7. The number of amides is 1. The van der Waals surface area contributed by atoms with Gasteiger partial charge in [0.25, 0.3) is 0 Å². The molecular weight excluding hydrogens is 747 g/mol. The molecular formula is C45H53FN2O10. The highest BCUT2D eigenvalue weighted by molar-refractivity contribution is 6.03. The summed E-state index contributed by atoms with van der Waals surface area (Å²) in [5.41, 5.74) is 3.65. The Kier molecular flexibility index (Phi) is 13.2. The van der Waals surface area contributed by atoms with Crippen LogP contribution in [0.25, 0.3) is 0 Å². The summed E-state index contributed by atoms with van der Waals surface area (Å²) < 4.78 is 51.9. The van der Waals surface area contributed by atoms with Crippen molar-refractivity contribution in [3.63, 3.8) is 0 Å². The average molecular weight is 801 g/mol. The molecule has 7 rings (SSSR count). The molecule has 3 aromatic rings. The van der Waals surface area contributed by atoms with E-state index in [4.69, 9.17) is 33.3 Å². The number of methoxy groups -OCH3 is 1. The highest BCUT2D eigenvalue weighted by Gasteiger charge is 2.65. The molecule has 1 fully saturated rings. The van der Waals surface area contributed by atoms with Crippen LogP contribution in [0.3, 0.4) is 0 Å². The zero-order valence-corrected chi connectivity index (χ0v) is 33.1. The first kappa shape index (κ1) is 41.1. The van der Waals surface area contributed by atoms with E-state index in [1.807, 2.05) is 30.3 Å². The lowest BCUT2D eigenvalue weighted by Crippen LogP contribution is -2.70. The van der Waals surface area contributed by atoms with E-state index in [0.29, 0.717) is 47.1 Å². The van der Waals surface area contributed by atoms with Crippen LogP contribution in [0, 0.1) is 23.6 Å². The Balaban J connectivity index is 1.40. The fourth-order valence-electron chi connectivity index (χ4n) is 9.28. The summed E-state index contributed by atoms with van der Waals surface area (Å²) in [6.07, 6.45) is 7.99. The SMILES string of the molecule is C=CCOC12Oc3ccc(OCc4ccccc4F)cc3C3C(CCCCO)C(CCCCO)C=C(C(=NOC)CC1N(Cc1ccc4c(c1)OCO4)C(=O)OC)C32. The Labute approximate surface area is 338 Å². The average Bonchev–Trinajstić information content (AvgIpc) is 3.71. The van der Waals surface area contributed by atoms with Gasteiger partial charge in [-0.15, -0.1) is 6.58 Å². The van der Waals surface area contributed by atoms with Crippen molar-refractivity contribution in [2.24, 2.45) is 22.9 Å². The topological polar surface area (TPSA) is 138 Å². The molecule has 3 aromatic carbocycles. The normalized spacial score (nSPS) is 24.5. The molecule has 6 unspecified atom stereocenters. The van der Waals surface area contributed by atoms with Crippen LogP contribution in [0.2, 0.25) is 0 Å². The molecule has 13 heteroatoms. The third-order valence-corrected chi connectivity index (χ3v) is 11.8. The Morgan fingerprint density at radius 1 is 1.00 bits per heavy atom. The number of nitrogens with zero attached hydrogens (tertiary/aromatic N) is 2. The number of aliphatic hydroxyl groups excluding tert-OH is 2. The Morgan fingerprint density at radius 3 is 2.53 bits per heavy atom. The number of rotatable bonds is 18. The van der Waals surface area contributed by atoms with Crippen LogP contribution in [-0.4, -0.2) is 79.6 Å². The third kappa shape index (κ3) is 8.25. The van der Waals surface area contributed by atoms with Gasteiger partial charge in [0.15, 0.2) is 11.5 Å². The molecule has 310 valence electrons. The highest BCUT2D eigenvalue weighted by Crippen LogP contribution is 2.62. The van der Waals surface area contributed by atoms with E-state index in [-0.39, 0.29) is 69.8 Å². The Bertz CT molecular complexity index is 1990. The van der Waals surface area contributed by atoms with Gasteiger partial charge >= 0.3 is 6.09 Å². The van der Waals surface area contributed by atoms with Crippen LogP contribution in [0.1, 0.15) is 67.6 Å². The van der Waals surface area contributed by atoms with Crippen molar-refractivity contribution in [1.29, 1.82) is 0 Å².